The van der Waals surface area contributed by atoms with Gasteiger partial charge in [0.1, 0.15) is 12.3 Å². The summed E-state index contributed by atoms with van der Waals surface area (Å²) in [6, 6.07) is 9.50. The quantitative estimate of drug-likeness (QED) is 0.767. The summed E-state index contributed by atoms with van der Waals surface area (Å²) in [6.07, 6.45) is 0.828. The monoisotopic (exact) mass is 395 g/mol. The van der Waals surface area contributed by atoms with Gasteiger partial charge in [0.2, 0.25) is 0 Å². The highest BCUT2D eigenvalue weighted by atomic mass is 32.5. The molecule has 2 aromatic rings. The van der Waals surface area contributed by atoms with Gasteiger partial charge in [-0.1, -0.05) is 18.2 Å². The Morgan fingerprint density at radius 2 is 2.04 bits per heavy atom. The van der Waals surface area contributed by atoms with E-state index in [2.05, 4.69) is 10.1 Å². The zero-order valence-corrected chi connectivity index (χ0v) is 15.7. The van der Waals surface area contributed by atoms with Gasteiger partial charge in [-0.25, -0.2) is 4.79 Å². The van der Waals surface area contributed by atoms with Gasteiger partial charge >= 0.3 is 5.69 Å². The maximum absolute atomic E-state index is 12.1. The van der Waals surface area contributed by atoms with Crippen LogP contribution in [0.25, 0.3) is 0 Å². The molecule has 2 saturated heterocycles. The van der Waals surface area contributed by atoms with Crippen molar-refractivity contribution in [1.82, 2.24) is 9.55 Å². The summed E-state index contributed by atoms with van der Waals surface area (Å²) >= 11 is 5.56. The summed E-state index contributed by atoms with van der Waals surface area (Å²) in [7, 11) is 0. The second-order valence-electron chi connectivity index (χ2n) is 6.26. The van der Waals surface area contributed by atoms with Crippen molar-refractivity contribution < 1.29 is 13.8 Å². The summed E-state index contributed by atoms with van der Waals surface area (Å²) < 4.78 is 19.1. The minimum atomic E-state index is -2.69. The molecule has 8 nitrogen and oxygen atoms in total. The number of aromatic amines is 1. The van der Waals surface area contributed by atoms with Crippen LogP contribution >= 0.6 is 6.64 Å². The van der Waals surface area contributed by atoms with Gasteiger partial charge in [0.25, 0.3) is 12.2 Å². The molecule has 138 valence electrons. The number of aryl methyl sites for hydroxylation is 1. The van der Waals surface area contributed by atoms with Gasteiger partial charge in [-0.05, 0) is 30.9 Å². The van der Waals surface area contributed by atoms with Gasteiger partial charge in [0.15, 0.2) is 0 Å². The molecule has 0 saturated carbocycles. The van der Waals surface area contributed by atoms with Crippen LogP contribution in [0.3, 0.4) is 0 Å². The number of H-pyrrole nitrogens is 1. The number of anilines is 1. The van der Waals surface area contributed by atoms with Gasteiger partial charge in [-0.15, -0.1) is 0 Å². The number of nitrogens with one attached hydrogen (secondary N) is 2. The molecule has 0 radical (unpaired) electrons. The number of ether oxygens (including phenoxy) is 1. The van der Waals surface area contributed by atoms with E-state index >= 15 is 0 Å². The molecule has 2 fully saturated rings. The standard InChI is InChI=1S/C16H18N3O5PS/c1-10-8-19(16(21)17-15(10)20)14-7-12-13(23-14)9-22-25(26,24-12)18-11-5-3-2-4-6-11/h2-6,8,12-14H,7,9H2,1H3,(H,18,26)(H,17,20,21)/t12-,13+,14+,25-/m0/s1. The lowest BCUT2D eigenvalue weighted by Gasteiger charge is -2.34. The lowest BCUT2D eigenvalue weighted by Crippen LogP contribution is -2.34. The Morgan fingerprint density at radius 3 is 2.81 bits per heavy atom. The van der Waals surface area contributed by atoms with Crippen molar-refractivity contribution in [3.05, 3.63) is 62.9 Å². The molecule has 10 heteroatoms. The highest BCUT2D eigenvalue weighted by molar-refractivity contribution is 8.10. The minimum Gasteiger partial charge on any atom is -0.349 e. The summed E-state index contributed by atoms with van der Waals surface area (Å²) in [5.41, 5.74) is 0.365. The molecule has 4 rings (SSSR count). The van der Waals surface area contributed by atoms with E-state index in [0.717, 1.165) is 5.69 Å². The zero-order chi connectivity index (χ0) is 18.3. The van der Waals surface area contributed by atoms with E-state index in [-0.39, 0.29) is 18.8 Å². The summed E-state index contributed by atoms with van der Waals surface area (Å²) in [5, 5.41) is 3.16. The second-order valence-corrected chi connectivity index (χ2v) is 9.39. The molecule has 2 N–H and O–H groups in total. The molecule has 26 heavy (non-hydrogen) atoms. The molecule has 0 unspecified atom stereocenters. The van der Waals surface area contributed by atoms with Gasteiger partial charge in [-0.2, -0.15) is 0 Å². The molecule has 2 aliphatic heterocycles. The third-order valence-corrected chi connectivity index (χ3v) is 6.78. The Hall–Kier alpha value is -1.77. The van der Waals surface area contributed by atoms with Crippen LogP contribution in [0.5, 0.6) is 0 Å². The normalized spacial score (nSPS) is 30.7. The Kier molecular flexibility index (Phi) is 4.58. The minimum absolute atomic E-state index is 0.282. The lowest BCUT2D eigenvalue weighted by atomic mass is 10.2. The van der Waals surface area contributed by atoms with Gasteiger partial charge < -0.3 is 18.9 Å². The number of nitrogens with zero attached hydrogens (tertiary/aromatic N) is 1. The number of aromatic nitrogens is 2. The molecular weight excluding hydrogens is 377 g/mol. The van der Waals surface area contributed by atoms with Gasteiger partial charge in [-0.3, -0.25) is 14.3 Å². The summed E-state index contributed by atoms with van der Waals surface area (Å²) in [6.45, 7) is -0.769. The topological polar surface area (TPSA) is 94.6 Å². The fraction of sp³-hybridized carbons (Fsp3) is 0.375. The SMILES string of the molecule is Cc1cn([C@H]2C[C@@H]3O[P@](=S)(Nc4ccccc4)OC[C@H]3O2)c(=O)[nH]c1=O. The molecule has 0 bridgehead atoms. The smallest absolute Gasteiger partial charge is 0.330 e. The number of rotatable bonds is 3. The van der Waals surface area contributed by atoms with Crippen molar-refractivity contribution in [1.29, 1.82) is 0 Å². The second kappa shape index (κ2) is 6.75. The molecule has 1 aromatic heterocycles. The van der Waals surface area contributed by atoms with Gasteiger partial charge in [0.05, 0.1) is 12.7 Å². The van der Waals surface area contributed by atoms with Crippen LogP contribution in [-0.2, 0) is 25.6 Å². The van der Waals surface area contributed by atoms with Crippen LogP contribution in [0.2, 0.25) is 0 Å². The first-order chi connectivity index (χ1) is 12.4. The average Bonchev–Trinajstić information content (AvgIpc) is 3.01. The van der Waals surface area contributed by atoms with Crippen molar-refractivity contribution in [2.24, 2.45) is 0 Å². The maximum Gasteiger partial charge on any atom is 0.330 e. The number of hydrogen-bond acceptors (Lipinski definition) is 6. The highest BCUT2D eigenvalue weighted by Gasteiger charge is 2.45. The Morgan fingerprint density at radius 1 is 1.27 bits per heavy atom. The van der Waals surface area contributed by atoms with Crippen LogP contribution in [0.1, 0.15) is 18.2 Å². The van der Waals surface area contributed by atoms with Crippen molar-refractivity contribution in [2.45, 2.75) is 31.8 Å². The number of para-hydroxylation sites is 1. The molecule has 0 aliphatic carbocycles. The average molecular weight is 395 g/mol. The summed E-state index contributed by atoms with van der Waals surface area (Å²) in [5.74, 6) is 0. The van der Waals surface area contributed by atoms with E-state index < -0.39 is 24.1 Å². The van der Waals surface area contributed by atoms with Crippen molar-refractivity contribution >= 4 is 24.1 Å². The van der Waals surface area contributed by atoms with Crippen molar-refractivity contribution in [3.8, 4) is 0 Å². The van der Waals surface area contributed by atoms with Crippen LogP contribution < -0.4 is 16.3 Å². The van der Waals surface area contributed by atoms with E-state index in [1.807, 2.05) is 30.3 Å². The maximum atomic E-state index is 12.1. The van der Waals surface area contributed by atoms with Crippen molar-refractivity contribution in [2.75, 3.05) is 11.7 Å². The predicted molar refractivity (Wildman–Crippen MR) is 99.8 cm³/mol. The van der Waals surface area contributed by atoms with E-state index in [4.69, 9.17) is 25.6 Å². The number of benzene rings is 1. The Labute approximate surface area is 154 Å². The first-order valence-corrected chi connectivity index (χ1v) is 10.8. The first kappa shape index (κ1) is 17.6. The third kappa shape index (κ3) is 3.41. The van der Waals surface area contributed by atoms with Crippen LogP contribution in [-0.4, -0.2) is 28.4 Å². The number of fused-ring (bicyclic) bond motifs is 1. The number of hydrogen-bond donors (Lipinski definition) is 2. The van der Waals surface area contributed by atoms with Gasteiger partial charge in [0, 0.05) is 23.9 Å². The molecule has 3 heterocycles. The first-order valence-electron chi connectivity index (χ1n) is 8.17. The molecule has 1 aromatic carbocycles. The predicted octanol–water partition coefficient (Wildman–Crippen LogP) is 1.88. The van der Waals surface area contributed by atoms with Crippen LogP contribution in [0, 0.1) is 6.92 Å². The van der Waals surface area contributed by atoms with E-state index in [1.54, 1.807) is 6.92 Å². The largest absolute Gasteiger partial charge is 0.349 e. The summed E-state index contributed by atoms with van der Waals surface area (Å²) in [4.78, 5) is 25.9. The molecule has 0 amide bonds. The molecular formula is C16H18N3O5PS. The van der Waals surface area contributed by atoms with Crippen LogP contribution in [0.15, 0.2) is 46.1 Å². The molecule has 0 spiro atoms. The Balaban J connectivity index is 1.51. The lowest BCUT2D eigenvalue weighted by molar-refractivity contribution is -0.0526. The fourth-order valence-corrected chi connectivity index (χ4v) is 5.44. The van der Waals surface area contributed by atoms with Crippen LogP contribution in [0.4, 0.5) is 5.69 Å². The zero-order valence-electron chi connectivity index (χ0n) is 14.0. The Bertz CT molecular complexity index is 976. The van der Waals surface area contributed by atoms with E-state index in [9.17, 15) is 9.59 Å². The van der Waals surface area contributed by atoms with E-state index in [1.165, 1.54) is 10.8 Å². The molecule has 4 atom stereocenters. The molecule has 2 aliphatic rings. The highest BCUT2D eigenvalue weighted by Crippen LogP contribution is 2.55. The third-order valence-electron chi connectivity index (χ3n) is 4.36. The fourth-order valence-electron chi connectivity index (χ4n) is 3.04. The van der Waals surface area contributed by atoms with E-state index in [0.29, 0.717) is 12.0 Å². The van der Waals surface area contributed by atoms with Crippen molar-refractivity contribution in [3.63, 3.8) is 0 Å².